The fourth-order valence-corrected chi connectivity index (χ4v) is 5.90. The fraction of sp³-hybridized carbons (Fsp3) is 0.200. The van der Waals surface area contributed by atoms with E-state index in [2.05, 4.69) is 32.4 Å². The van der Waals surface area contributed by atoms with Crippen molar-refractivity contribution in [2.24, 2.45) is 0 Å². The van der Waals surface area contributed by atoms with E-state index < -0.39 is 5.97 Å². The minimum Gasteiger partial charge on any atom is -0.477 e. The highest BCUT2D eigenvalue weighted by Crippen LogP contribution is 2.39. The van der Waals surface area contributed by atoms with Crippen LogP contribution in [0.4, 0.5) is 0 Å². The molecule has 1 aliphatic rings. The van der Waals surface area contributed by atoms with Gasteiger partial charge in [-0.25, -0.2) is 9.78 Å². The molecular formula is C25H20ClN7O3S. The van der Waals surface area contributed by atoms with Crippen LogP contribution in [-0.2, 0) is 12.8 Å². The van der Waals surface area contributed by atoms with Gasteiger partial charge >= 0.3 is 5.97 Å². The topological polar surface area (TPSA) is 132 Å². The maximum absolute atomic E-state index is 13.5. The van der Waals surface area contributed by atoms with Gasteiger partial charge in [-0.05, 0) is 53.5 Å². The van der Waals surface area contributed by atoms with Crippen LogP contribution in [0.5, 0.6) is 0 Å². The Morgan fingerprint density at radius 3 is 2.86 bits per heavy atom. The zero-order valence-corrected chi connectivity index (χ0v) is 21.1. The summed E-state index contributed by atoms with van der Waals surface area (Å²) in [5.41, 5.74) is 5.27. The fourth-order valence-electron chi connectivity index (χ4n) is 4.81. The van der Waals surface area contributed by atoms with Crippen molar-refractivity contribution >= 4 is 28.9 Å². The van der Waals surface area contributed by atoms with Gasteiger partial charge < -0.3 is 14.7 Å². The number of thiophene rings is 1. The van der Waals surface area contributed by atoms with Crippen molar-refractivity contribution in [3.63, 3.8) is 0 Å². The molecule has 0 fully saturated rings. The zero-order chi connectivity index (χ0) is 25.7. The molecule has 0 radical (unpaired) electrons. The van der Waals surface area contributed by atoms with Gasteiger partial charge in [0.25, 0.3) is 5.56 Å². The number of aromatic nitrogens is 7. The predicted octanol–water partition coefficient (Wildman–Crippen LogP) is 4.39. The van der Waals surface area contributed by atoms with E-state index in [0.717, 1.165) is 45.8 Å². The van der Waals surface area contributed by atoms with E-state index in [1.165, 1.54) is 6.33 Å². The second kappa shape index (κ2) is 9.09. The quantitative estimate of drug-likeness (QED) is 0.331. The summed E-state index contributed by atoms with van der Waals surface area (Å²) in [4.78, 5) is 32.8. The predicted molar refractivity (Wildman–Crippen MR) is 139 cm³/mol. The van der Waals surface area contributed by atoms with Crippen molar-refractivity contribution in [1.29, 1.82) is 0 Å². The van der Waals surface area contributed by atoms with Crippen molar-refractivity contribution < 1.29 is 9.90 Å². The van der Waals surface area contributed by atoms with Crippen LogP contribution in [0.2, 0.25) is 5.02 Å². The summed E-state index contributed by atoms with van der Waals surface area (Å²) in [5, 5.41) is 23.0. The number of aromatic carboxylic acids is 1. The van der Waals surface area contributed by atoms with Gasteiger partial charge in [-0.15, -0.1) is 16.4 Å². The number of nitrogens with one attached hydrogen (secondary N) is 1. The Hall–Kier alpha value is -4.09. The first-order chi connectivity index (χ1) is 17.9. The lowest BCUT2D eigenvalue weighted by molar-refractivity contribution is 0.0702. The molecule has 1 aromatic carbocycles. The number of tetrazole rings is 1. The molecule has 186 valence electrons. The first-order valence-electron chi connectivity index (χ1n) is 11.6. The standard InChI is InChI=1S/C25H20ClN7O3S/c1-2-13-3-4-18(32-12-28-30-31-32)15(7-13)16-9-22(34)33-19(23(16)26)5-6-20(33)24-27-10-17(29-24)14-8-21(25(35)36)37-11-14/h3-4,7-12,20H,2,5-6H2,1H3,(H,27,29)(H,35,36). The average molecular weight is 534 g/mol. The first-order valence-corrected chi connectivity index (χ1v) is 12.9. The first kappa shape index (κ1) is 23.3. The summed E-state index contributed by atoms with van der Waals surface area (Å²) in [7, 11) is 0. The number of imidazole rings is 1. The van der Waals surface area contributed by atoms with Gasteiger partial charge in [0.15, 0.2) is 0 Å². The Bertz CT molecular complexity index is 1700. The van der Waals surface area contributed by atoms with Gasteiger partial charge in [-0.3, -0.25) is 4.79 Å². The maximum Gasteiger partial charge on any atom is 0.345 e. The molecule has 0 bridgehead atoms. The van der Waals surface area contributed by atoms with Crippen LogP contribution < -0.4 is 5.56 Å². The Kier molecular flexibility index (Phi) is 5.73. The van der Waals surface area contributed by atoms with Crippen molar-refractivity contribution in [1.82, 2.24) is 34.7 Å². The smallest absolute Gasteiger partial charge is 0.345 e. The number of hydrogen-bond donors (Lipinski definition) is 2. The van der Waals surface area contributed by atoms with E-state index in [4.69, 9.17) is 11.6 Å². The van der Waals surface area contributed by atoms with Gasteiger partial charge in [-0.2, -0.15) is 4.68 Å². The number of rotatable bonds is 6. The summed E-state index contributed by atoms with van der Waals surface area (Å²) in [6.07, 6.45) is 5.26. The van der Waals surface area contributed by atoms with Crippen LogP contribution in [-0.4, -0.2) is 45.8 Å². The molecule has 0 amide bonds. The number of pyridine rings is 1. The van der Waals surface area contributed by atoms with E-state index in [1.807, 2.05) is 18.2 Å². The second-order valence-corrected chi connectivity index (χ2v) is 10.0. The molecule has 1 unspecified atom stereocenters. The number of benzene rings is 1. The van der Waals surface area contributed by atoms with Gasteiger partial charge in [0.05, 0.1) is 28.6 Å². The van der Waals surface area contributed by atoms with Crippen molar-refractivity contribution in [3.8, 4) is 28.1 Å². The third-order valence-electron chi connectivity index (χ3n) is 6.64. The van der Waals surface area contributed by atoms with E-state index in [9.17, 15) is 14.7 Å². The summed E-state index contributed by atoms with van der Waals surface area (Å²) in [6.45, 7) is 2.07. The molecule has 0 saturated carbocycles. The molecular weight excluding hydrogens is 514 g/mol. The lowest BCUT2D eigenvalue weighted by Crippen LogP contribution is -2.24. The molecule has 1 atom stereocenters. The van der Waals surface area contributed by atoms with Crippen LogP contribution in [0.15, 0.2) is 53.0 Å². The van der Waals surface area contributed by atoms with Crippen LogP contribution >= 0.6 is 22.9 Å². The third kappa shape index (κ3) is 3.96. The Balaban J connectivity index is 1.41. The lowest BCUT2D eigenvalue weighted by atomic mass is 9.99. The van der Waals surface area contributed by atoms with Gasteiger partial charge in [0.2, 0.25) is 0 Å². The number of H-pyrrole nitrogens is 1. The highest BCUT2D eigenvalue weighted by Gasteiger charge is 2.31. The molecule has 12 heteroatoms. The lowest BCUT2D eigenvalue weighted by Gasteiger charge is -2.17. The number of hydrogen-bond acceptors (Lipinski definition) is 7. The average Bonchev–Trinajstić information content (AvgIpc) is 3.70. The van der Waals surface area contributed by atoms with Crippen molar-refractivity contribution in [3.05, 3.63) is 85.6 Å². The number of halogens is 1. The number of carboxylic acid groups (broad SMARTS) is 1. The maximum atomic E-state index is 13.5. The Morgan fingerprint density at radius 2 is 2.14 bits per heavy atom. The van der Waals surface area contributed by atoms with Crippen molar-refractivity contribution in [2.75, 3.05) is 0 Å². The number of carbonyl (C=O) groups is 1. The monoisotopic (exact) mass is 533 g/mol. The number of aromatic amines is 1. The van der Waals surface area contributed by atoms with Crippen LogP contribution in [0.3, 0.4) is 0 Å². The number of fused-ring (bicyclic) bond motifs is 1. The molecule has 5 heterocycles. The van der Waals surface area contributed by atoms with Crippen LogP contribution in [0.1, 0.15) is 46.1 Å². The van der Waals surface area contributed by atoms with Gasteiger partial charge in [0, 0.05) is 33.8 Å². The zero-order valence-electron chi connectivity index (χ0n) is 19.6. The van der Waals surface area contributed by atoms with E-state index in [1.54, 1.807) is 33.0 Å². The summed E-state index contributed by atoms with van der Waals surface area (Å²) in [6, 6.07) is 8.82. The molecule has 6 rings (SSSR count). The van der Waals surface area contributed by atoms with Crippen molar-refractivity contribution in [2.45, 2.75) is 32.2 Å². The normalized spacial score (nSPS) is 14.7. The highest BCUT2D eigenvalue weighted by molar-refractivity contribution is 7.12. The summed E-state index contributed by atoms with van der Waals surface area (Å²) in [5.74, 6) is -0.337. The Labute approximate surface area is 219 Å². The second-order valence-electron chi connectivity index (χ2n) is 8.73. The molecule has 5 aromatic rings. The molecule has 0 saturated heterocycles. The molecule has 2 N–H and O–H groups in total. The van der Waals surface area contributed by atoms with Gasteiger partial charge in [-0.1, -0.05) is 24.6 Å². The molecule has 10 nitrogen and oxygen atoms in total. The minimum absolute atomic E-state index is 0.178. The highest BCUT2D eigenvalue weighted by atomic mass is 35.5. The molecule has 1 aliphatic heterocycles. The van der Waals surface area contributed by atoms with Crippen LogP contribution in [0, 0.1) is 0 Å². The SMILES string of the molecule is CCc1ccc(-n2cnnn2)c(-c2cc(=O)n3c(c2Cl)CCC3c2ncc(-c3csc(C(=O)O)c3)[nH]2)c1. The number of aryl methyl sites for hydroxylation is 1. The minimum atomic E-state index is -0.967. The number of carboxylic acids is 1. The molecule has 0 aliphatic carbocycles. The summed E-state index contributed by atoms with van der Waals surface area (Å²) >= 11 is 8.13. The molecule has 37 heavy (non-hydrogen) atoms. The molecule has 0 spiro atoms. The van der Waals surface area contributed by atoms with Crippen LogP contribution in [0.25, 0.3) is 28.1 Å². The van der Waals surface area contributed by atoms with E-state index >= 15 is 0 Å². The van der Waals surface area contributed by atoms with Gasteiger partial charge in [0.1, 0.15) is 17.0 Å². The Morgan fingerprint density at radius 1 is 1.27 bits per heavy atom. The summed E-state index contributed by atoms with van der Waals surface area (Å²) < 4.78 is 3.26. The van der Waals surface area contributed by atoms with E-state index in [0.29, 0.717) is 34.9 Å². The third-order valence-corrected chi connectivity index (χ3v) is 7.98. The molecule has 4 aromatic heterocycles. The van der Waals surface area contributed by atoms with E-state index in [-0.39, 0.29) is 16.5 Å². The number of nitrogens with zero attached hydrogens (tertiary/aromatic N) is 6. The largest absolute Gasteiger partial charge is 0.477 e.